The molecule has 0 bridgehead atoms. The fraction of sp³-hybridized carbons (Fsp3) is 0.133. The lowest BCUT2D eigenvalue weighted by molar-refractivity contribution is 0.340. The van der Waals surface area contributed by atoms with Gasteiger partial charge in [-0.3, -0.25) is 0 Å². The highest BCUT2D eigenvalue weighted by molar-refractivity contribution is 5.66. The third kappa shape index (κ3) is 2.71. The van der Waals surface area contributed by atoms with E-state index in [0.717, 1.165) is 12.1 Å². The maximum Gasteiger partial charge on any atom is 0.135 e. The van der Waals surface area contributed by atoms with E-state index in [1.54, 1.807) is 30.3 Å². The summed E-state index contributed by atoms with van der Waals surface area (Å²) in [6.45, 7) is 2.38. The van der Waals surface area contributed by atoms with E-state index in [4.69, 9.17) is 10.00 Å². The molecule has 0 radical (unpaired) electrons. The molecule has 2 rings (SSSR count). The molecule has 19 heavy (non-hydrogen) atoms. The van der Waals surface area contributed by atoms with Gasteiger partial charge in [0.1, 0.15) is 17.4 Å². The summed E-state index contributed by atoms with van der Waals surface area (Å²) in [4.78, 5) is 0. The molecule has 0 aliphatic carbocycles. The standard InChI is InChI=1S/C15H11F2NO/c1-2-19-12-5-3-11(4-6-12)15-13(16)7-10(9-18)8-14(15)17/h3-8H,2H2,1H3. The van der Waals surface area contributed by atoms with E-state index in [0.29, 0.717) is 17.9 Å². The summed E-state index contributed by atoms with van der Waals surface area (Å²) in [5.74, 6) is -0.859. The van der Waals surface area contributed by atoms with Crippen molar-refractivity contribution in [3.05, 3.63) is 53.6 Å². The third-order valence-corrected chi connectivity index (χ3v) is 2.63. The molecular formula is C15H11F2NO. The van der Waals surface area contributed by atoms with Crippen LogP contribution in [0.15, 0.2) is 36.4 Å². The van der Waals surface area contributed by atoms with Crippen LogP contribution >= 0.6 is 0 Å². The van der Waals surface area contributed by atoms with Crippen LogP contribution in [-0.4, -0.2) is 6.61 Å². The average molecular weight is 259 g/mol. The molecule has 0 aliphatic rings. The fourth-order valence-corrected chi connectivity index (χ4v) is 1.80. The lowest BCUT2D eigenvalue weighted by Crippen LogP contribution is -1.94. The lowest BCUT2D eigenvalue weighted by atomic mass is 10.0. The number of benzene rings is 2. The van der Waals surface area contributed by atoms with Gasteiger partial charge in [-0.15, -0.1) is 0 Å². The van der Waals surface area contributed by atoms with Crippen LogP contribution in [0, 0.1) is 23.0 Å². The van der Waals surface area contributed by atoms with E-state index in [9.17, 15) is 8.78 Å². The molecule has 0 N–H and O–H groups in total. The number of nitriles is 1. The van der Waals surface area contributed by atoms with Crippen molar-refractivity contribution in [1.29, 1.82) is 5.26 Å². The van der Waals surface area contributed by atoms with Crippen molar-refractivity contribution in [3.63, 3.8) is 0 Å². The zero-order chi connectivity index (χ0) is 13.8. The summed E-state index contributed by atoms with van der Waals surface area (Å²) in [7, 11) is 0. The topological polar surface area (TPSA) is 33.0 Å². The highest BCUT2D eigenvalue weighted by Gasteiger charge is 2.13. The van der Waals surface area contributed by atoms with Crippen LogP contribution in [0.3, 0.4) is 0 Å². The Hall–Kier alpha value is -2.41. The van der Waals surface area contributed by atoms with Crippen molar-refractivity contribution >= 4 is 0 Å². The van der Waals surface area contributed by atoms with Crippen molar-refractivity contribution in [2.45, 2.75) is 6.92 Å². The lowest BCUT2D eigenvalue weighted by Gasteiger charge is -2.07. The predicted molar refractivity (Wildman–Crippen MR) is 67.7 cm³/mol. The van der Waals surface area contributed by atoms with Crippen molar-refractivity contribution in [1.82, 2.24) is 0 Å². The summed E-state index contributed by atoms with van der Waals surface area (Å²) in [5, 5.41) is 8.64. The molecule has 0 atom stereocenters. The normalized spacial score (nSPS) is 10.0. The minimum absolute atomic E-state index is 0.0373. The Bertz CT molecular complexity index is 607. The van der Waals surface area contributed by atoms with Crippen LogP contribution in [-0.2, 0) is 0 Å². The quantitative estimate of drug-likeness (QED) is 0.837. The fourth-order valence-electron chi connectivity index (χ4n) is 1.80. The first kappa shape index (κ1) is 13.0. The first-order valence-electron chi connectivity index (χ1n) is 5.78. The third-order valence-electron chi connectivity index (χ3n) is 2.63. The van der Waals surface area contributed by atoms with Gasteiger partial charge in [-0.05, 0) is 36.8 Å². The Balaban J connectivity index is 2.44. The predicted octanol–water partition coefficient (Wildman–Crippen LogP) is 3.90. The zero-order valence-electron chi connectivity index (χ0n) is 10.3. The smallest absolute Gasteiger partial charge is 0.135 e. The molecule has 0 fully saturated rings. The summed E-state index contributed by atoms with van der Waals surface area (Å²) in [6.07, 6.45) is 0. The zero-order valence-corrected chi connectivity index (χ0v) is 10.3. The van der Waals surface area contributed by atoms with E-state index >= 15 is 0 Å². The van der Waals surface area contributed by atoms with Gasteiger partial charge in [-0.1, -0.05) is 12.1 Å². The molecular weight excluding hydrogens is 248 g/mol. The molecule has 96 valence electrons. The summed E-state index contributed by atoms with van der Waals surface area (Å²) in [6, 6.07) is 10.2. The maximum atomic E-state index is 13.8. The molecule has 0 aliphatic heterocycles. The van der Waals surface area contributed by atoms with Crippen molar-refractivity contribution in [2.75, 3.05) is 6.61 Å². The molecule has 4 heteroatoms. The second-order valence-electron chi connectivity index (χ2n) is 3.88. The molecule has 0 aromatic heterocycles. The Labute approximate surface area is 109 Å². The second kappa shape index (κ2) is 5.49. The Kier molecular flexibility index (Phi) is 3.76. The van der Waals surface area contributed by atoms with Crippen LogP contribution < -0.4 is 4.74 Å². The number of halogens is 2. The van der Waals surface area contributed by atoms with Gasteiger partial charge in [0, 0.05) is 0 Å². The number of hydrogen-bond donors (Lipinski definition) is 0. The molecule has 2 nitrogen and oxygen atoms in total. The van der Waals surface area contributed by atoms with Crippen LogP contribution in [0.4, 0.5) is 8.78 Å². The molecule has 0 amide bonds. The number of rotatable bonds is 3. The van der Waals surface area contributed by atoms with Crippen LogP contribution in [0.1, 0.15) is 12.5 Å². The van der Waals surface area contributed by atoms with Gasteiger partial charge in [0.25, 0.3) is 0 Å². The molecule has 0 heterocycles. The van der Waals surface area contributed by atoms with Crippen molar-refractivity contribution in [2.24, 2.45) is 0 Å². The van der Waals surface area contributed by atoms with Crippen molar-refractivity contribution in [3.8, 4) is 22.9 Å². The Morgan fingerprint density at radius 1 is 1.11 bits per heavy atom. The van der Waals surface area contributed by atoms with Gasteiger partial charge in [-0.2, -0.15) is 5.26 Å². The molecule has 0 spiro atoms. The summed E-state index contributed by atoms with van der Waals surface area (Å²) < 4.78 is 32.9. The van der Waals surface area contributed by atoms with E-state index < -0.39 is 11.6 Å². The Morgan fingerprint density at radius 3 is 2.16 bits per heavy atom. The first-order chi connectivity index (χ1) is 9.15. The Morgan fingerprint density at radius 2 is 1.68 bits per heavy atom. The second-order valence-corrected chi connectivity index (χ2v) is 3.88. The highest BCUT2D eigenvalue weighted by atomic mass is 19.1. The van der Waals surface area contributed by atoms with Crippen LogP contribution in [0.5, 0.6) is 5.75 Å². The maximum absolute atomic E-state index is 13.8. The molecule has 2 aromatic carbocycles. The molecule has 2 aromatic rings. The highest BCUT2D eigenvalue weighted by Crippen LogP contribution is 2.28. The largest absolute Gasteiger partial charge is 0.494 e. The van der Waals surface area contributed by atoms with Gasteiger partial charge >= 0.3 is 0 Å². The average Bonchev–Trinajstić information content (AvgIpc) is 2.40. The number of nitrogens with zero attached hydrogens (tertiary/aromatic N) is 1. The monoisotopic (exact) mass is 259 g/mol. The van der Waals surface area contributed by atoms with Gasteiger partial charge in [0.15, 0.2) is 0 Å². The number of ether oxygens (including phenoxy) is 1. The SMILES string of the molecule is CCOc1ccc(-c2c(F)cc(C#N)cc2F)cc1. The summed E-state index contributed by atoms with van der Waals surface area (Å²) >= 11 is 0. The van der Waals surface area contributed by atoms with Gasteiger partial charge < -0.3 is 4.74 Å². The minimum Gasteiger partial charge on any atom is -0.494 e. The van der Waals surface area contributed by atoms with Gasteiger partial charge in [0.2, 0.25) is 0 Å². The van der Waals surface area contributed by atoms with Crippen molar-refractivity contribution < 1.29 is 13.5 Å². The first-order valence-corrected chi connectivity index (χ1v) is 5.78. The summed E-state index contributed by atoms with van der Waals surface area (Å²) in [5.41, 5.74) is 0.231. The van der Waals surface area contributed by atoms with E-state index in [2.05, 4.69) is 0 Å². The van der Waals surface area contributed by atoms with E-state index in [-0.39, 0.29) is 11.1 Å². The molecule has 0 unspecified atom stereocenters. The molecule has 0 saturated carbocycles. The van der Waals surface area contributed by atoms with E-state index in [1.807, 2.05) is 6.92 Å². The van der Waals surface area contributed by atoms with Crippen LogP contribution in [0.2, 0.25) is 0 Å². The minimum atomic E-state index is -0.749. The number of hydrogen-bond acceptors (Lipinski definition) is 2. The van der Waals surface area contributed by atoms with Crippen LogP contribution in [0.25, 0.3) is 11.1 Å². The van der Waals surface area contributed by atoms with E-state index in [1.165, 1.54) is 0 Å². The van der Waals surface area contributed by atoms with Gasteiger partial charge in [-0.25, -0.2) is 8.78 Å². The van der Waals surface area contributed by atoms with Gasteiger partial charge in [0.05, 0.1) is 23.8 Å². The molecule has 0 saturated heterocycles.